The molecule has 0 saturated carbocycles. The highest BCUT2D eigenvalue weighted by Gasteiger charge is 2.13. The van der Waals surface area contributed by atoms with E-state index in [1.807, 2.05) is 6.92 Å². The molecule has 134 valence electrons. The number of anilines is 1. The molecule has 0 radical (unpaired) electrons. The van der Waals surface area contributed by atoms with Crippen molar-refractivity contribution in [3.05, 3.63) is 62.0 Å². The molecule has 0 amide bonds. The second-order valence-corrected chi connectivity index (χ2v) is 6.77. The standard InChI is InChI=1S/C18H16Cl2N4O2/c1-9-5-12(19)6-13(20)16(9)26-18-22-14(7-15(21)23-18)11-4-10(2)17(25)24(3)8-11/h4-8H,1-3H3,(H2,21,22,23). The van der Waals surface area contributed by atoms with Crippen molar-refractivity contribution < 1.29 is 4.74 Å². The maximum Gasteiger partial charge on any atom is 0.324 e. The highest BCUT2D eigenvalue weighted by atomic mass is 35.5. The highest BCUT2D eigenvalue weighted by Crippen LogP contribution is 2.35. The molecule has 0 saturated heterocycles. The maximum atomic E-state index is 11.9. The Balaban J connectivity index is 2.06. The van der Waals surface area contributed by atoms with Crippen molar-refractivity contribution in [2.24, 2.45) is 7.05 Å². The molecular weight excluding hydrogens is 375 g/mol. The van der Waals surface area contributed by atoms with Crippen LogP contribution in [0.5, 0.6) is 11.8 Å². The number of benzene rings is 1. The summed E-state index contributed by atoms with van der Waals surface area (Å²) >= 11 is 12.2. The molecule has 2 aromatic heterocycles. The van der Waals surface area contributed by atoms with Gasteiger partial charge < -0.3 is 15.0 Å². The smallest absolute Gasteiger partial charge is 0.324 e. The van der Waals surface area contributed by atoms with Gasteiger partial charge in [-0.15, -0.1) is 0 Å². The van der Waals surface area contributed by atoms with Crippen LogP contribution >= 0.6 is 23.2 Å². The van der Waals surface area contributed by atoms with Crippen LogP contribution in [-0.2, 0) is 7.05 Å². The fourth-order valence-electron chi connectivity index (χ4n) is 2.56. The summed E-state index contributed by atoms with van der Waals surface area (Å²) in [5.74, 6) is 0.642. The molecule has 2 N–H and O–H groups in total. The molecule has 3 aromatic rings. The van der Waals surface area contributed by atoms with Crippen LogP contribution in [0.15, 0.2) is 35.3 Å². The first kappa shape index (κ1) is 18.2. The van der Waals surface area contributed by atoms with E-state index in [1.165, 1.54) is 4.57 Å². The van der Waals surface area contributed by atoms with Gasteiger partial charge in [0.1, 0.15) is 5.82 Å². The van der Waals surface area contributed by atoms with Gasteiger partial charge >= 0.3 is 6.01 Å². The first-order chi connectivity index (χ1) is 12.2. The van der Waals surface area contributed by atoms with Gasteiger partial charge in [0.25, 0.3) is 5.56 Å². The Hall–Kier alpha value is -2.57. The Morgan fingerprint density at radius 1 is 1.08 bits per heavy atom. The van der Waals surface area contributed by atoms with Crippen molar-refractivity contribution in [3.63, 3.8) is 0 Å². The summed E-state index contributed by atoms with van der Waals surface area (Å²) in [4.78, 5) is 20.4. The van der Waals surface area contributed by atoms with E-state index in [4.69, 9.17) is 33.7 Å². The van der Waals surface area contributed by atoms with Crippen molar-refractivity contribution in [2.75, 3.05) is 5.73 Å². The van der Waals surface area contributed by atoms with Crippen LogP contribution in [0.3, 0.4) is 0 Å². The minimum absolute atomic E-state index is 0.0545. The first-order valence-corrected chi connectivity index (χ1v) is 8.46. The highest BCUT2D eigenvalue weighted by molar-refractivity contribution is 6.35. The first-order valence-electron chi connectivity index (χ1n) is 7.70. The number of aryl methyl sites for hydroxylation is 3. The van der Waals surface area contributed by atoms with Crippen LogP contribution in [0, 0.1) is 13.8 Å². The Bertz CT molecular complexity index is 1010. The zero-order chi connectivity index (χ0) is 19.0. The van der Waals surface area contributed by atoms with Crippen LogP contribution in [0.4, 0.5) is 5.82 Å². The van der Waals surface area contributed by atoms with Crippen molar-refractivity contribution in [2.45, 2.75) is 13.8 Å². The number of rotatable bonds is 3. The molecule has 0 aliphatic carbocycles. The minimum atomic E-state index is -0.0733. The molecule has 0 atom stereocenters. The SMILES string of the molecule is Cc1cc(Cl)cc(Cl)c1Oc1nc(N)cc(-c2cc(C)c(=O)n(C)c2)n1. The molecule has 0 bridgehead atoms. The molecular formula is C18H16Cl2N4O2. The number of nitrogens with two attached hydrogens (primary N) is 1. The average Bonchev–Trinajstić information content (AvgIpc) is 2.55. The van der Waals surface area contributed by atoms with Gasteiger partial charge in [-0.2, -0.15) is 9.97 Å². The van der Waals surface area contributed by atoms with Crippen molar-refractivity contribution >= 4 is 29.0 Å². The third kappa shape index (κ3) is 3.66. The van der Waals surface area contributed by atoms with Crippen LogP contribution < -0.4 is 16.0 Å². The molecule has 26 heavy (non-hydrogen) atoms. The molecule has 8 heteroatoms. The molecule has 0 fully saturated rings. The predicted octanol–water partition coefficient (Wildman–Crippen LogP) is 4.14. The number of ether oxygens (including phenoxy) is 1. The topological polar surface area (TPSA) is 83.0 Å². The third-order valence-corrected chi connectivity index (χ3v) is 4.27. The van der Waals surface area contributed by atoms with Gasteiger partial charge in [0.05, 0.1) is 10.7 Å². The predicted molar refractivity (Wildman–Crippen MR) is 103 cm³/mol. The summed E-state index contributed by atoms with van der Waals surface area (Å²) in [6.45, 7) is 3.56. The number of hydrogen-bond acceptors (Lipinski definition) is 5. The summed E-state index contributed by atoms with van der Waals surface area (Å²) in [6, 6.07) is 6.72. The second kappa shape index (κ2) is 6.97. The summed E-state index contributed by atoms with van der Waals surface area (Å²) in [6.07, 6.45) is 1.68. The van der Waals surface area contributed by atoms with Crippen LogP contribution in [0.2, 0.25) is 10.0 Å². The fraction of sp³-hybridized carbons (Fsp3) is 0.167. The number of hydrogen-bond donors (Lipinski definition) is 1. The quantitative estimate of drug-likeness (QED) is 0.726. The van der Waals surface area contributed by atoms with Gasteiger partial charge in [-0.05, 0) is 37.6 Å². The van der Waals surface area contributed by atoms with Crippen molar-refractivity contribution in [1.29, 1.82) is 0 Å². The number of pyridine rings is 1. The van der Waals surface area contributed by atoms with E-state index >= 15 is 0 Å². The Labute approximate surface area is 160 Å². The lowest BCUT2D eigenvalue weighted by atomic mass is 10.1. The molecule has 2 heterocycles. The lowest BCUT2D eigenvalue weighted by Crippen LogP contribution is -2.18. The number of nitrogen functional groups attached to an aromatic ring is 1. The molecule has 6 nitrogen and oxygen atoms in total. The van der Waals surface area contributed by atoms with E-state index in [2.05, 4.69) is 9.97 Å². The molecule has 1 aromatic carbocycles. The van der Waals surface area contributed by atoms with E-state index in [9.17, 15) is 4.79 Å². The summed E-state index contributed by atoms with van der Waals surface area (Å²) in [5, 5.41) is 0.857. The second-order valence-electron chi connectivity index (χ2n) is 5.92. The monoisotopic (exact) mass is 390 g/mol. The van der Waals surface area contributed by atoms with Gasteiger partial charge in [-0.25, -0.2) is 0 Å². The largest absolute Gasteiger partial charge is 0.422 e. The lowest BCUT2D eigenvalue weighted by molar-refractivity contribution is 0.440. The Kier molecular flexibility index (Phi) is 4.89. The average molecular weight is 391 g/mol. The maximum absolute atomic E-state index is 11.9. The number of aromatic nitrogens is 3. The third-order valence-electron chi connectivity index (χ3n) is 3.77. The van der Waals surface area contributed by atoms with Crippen LogP contribution in [-0.4, -0.2) is 14.5 Å². The van der Waals surface area contributed by atoms with Crippen LogP contribution in [0.1, 0.15) is 11.1 Å². The van der Waals surface area contributed by atoms with Gasteiger partial charge in [0.2, 0.25) is 0 Å². The Morgan fingerprint density at radius 2 is 1.81 bits per heavy atom. The van der Waals surface area contributed by atoms with Gasteiger partial charge in [-0.3, -0.25) is 4.79 Å². The number of nitrogens with zero attached hydrogens (tertiary/aromatic N) is 3. The lowest BCUT2D eigenvalue weighted by Gasteiger charge is -2.12. The summed E-state index contributed by atoms with van der Waals surface area (Å²) < 4.78 is 7.25. The summed E-state index contributed by atoms with van der Waals surface area (Å²) in [5.41, 5.74) is 8.43. The van der Waals surface area contributed by atoms with Gasteiger partial charge in [-0.1, -0.05) is 23.2 Å². The van der Waals surface area contributed by atoms with E-state index in [1.54, 1.807) is 44.4 Å². The number of halogens is 2. The summed E-state index contributed by atoms with van der Waals surface area (Å²) in [7, 11) is 1.68. The molecule has 0 aliphatic rings. The van der Waals surface area contributed by atoms with E-state index in [-0.39, 0.29) is 17.4 Å². The zero-order valence-electron chi connectivity index (χ0n) is 14.4. The van der Waals surface area contributed by atoms with Gasteiger partial charge in [0, 0.05) is 35.5 Å². The molecule has 0 unspecified atom stereocenters. The van der Waals surface area contributed by atoms with Crippen LogP contribution in [0.25, 0.3) is 11.3 Å². The molecule has 3 rings (SSSR count). The van der Waals surface area contributed by atoms with E-state index < -0.39 is 0 Å². The fourth-order valence-corrected chi connectivity index (χ4v) is 3.20. The normalized spacial score (nSPS) is 10.8. The zero-order valence-corrected chi connectivity index (χ0v) is 15.9. The van der Waals surface area contributed by atoms with E-state index in [0.29, 0.717) is 27.1 Å². The Morgan fingerprint density at radius 3 is 2.46 bits per heavy atom. The van der Waals surface area contributed by atoms with Crippen molar-refractivity contribution in [3.8, 4) is 23.0 Å². The van der Waals surface area contributed by atoms with Crippen molar-refractivity contribution in [1.82, 2.24) is 14.5 Å². The van der Waals surface area contributed by atoms with Gasteiger partial charge in [0.15, 0.2) is 5.75 Å². The minimum Gasteiger partial charge on any atom is -0.422 e. The molecule has 0 spiro atoms. The molecule has 0 aliphatic heterocycles. The van der Waals surface area contributed by atoms with E-state index in [0.717, 1.165) is 11.1 Å².